The Morgan fingerprint density at radius 2 is 1.91 bits per heavy atom. The Bertz CT molecular complexity index is 489. The summed E-state index contributed by atoms with van der Waals surface area (Å²) in [5, 5.41) is 17.1. The maximum absolute atomic E-state index is 10.6. The number of nitro benzene ring substituents is 1. The van der Waals surface area contributed by atoms with Gasteiger partial charge in [-0.15, -0.1) is 24.0 Å². The maximum atomic E-state index is 10.6. The summed E-state index contributed by atoms with van der Waals surface area (Å²) >= 11 is 0. The number of rotatable bonds is 8. The van der Waals surface area contributed by atoms with Crippen molar-refractivity contribution in [2.24, 2.45) is 10.9 Å². The van der Waals surface area contributed by atoms with Crippen LogP contribution < -0.4 is 10.6 Å². The van der Waals surface area contributed by atoms with Crippen molar-refractivity contribution in [2.45, 2.75) is 40.2 Å². The van der Waals surface area contributed by atoms with E-state index in [4.69, 9.17) is 0 Å². The molecule has 2 N–H and O–H groups in total. The second-order valence-electron chi connectivity index (χ2n) is 5.58. The average Bonchev–Trinajstić information content (AvgIpc) is 2.49. The standard InChI is InChI=1S/C16H26N4O2.HI/c1-4-17-16(18-11-5-6-13(2)3)19-12-14-7-9-15(10-8-14)20(21)22;/h7-10,13H,4-6,11-12H2,1-3H3,(H2,17,18,19);1H. The van der Waals surface area contributed by atoms with E-state index in [1.54, 1.807) is 12.1 Å². The molecule has 0 aromatic heterocycles. The lowest BCUT2D eigenvalue weighted by molar-refractivity contribution is -0.384. The number of hydrogen-bond donors (Lipinski definition) is 2. The van der Waals surface area contributed by atoms with E-state index < -0.39 is 4.92 Å². The van der Waals surface area contributed by atoms with E-state index in [0.29, 0.717) is 12.5 Å². The maximum Gasteiger partial charge on any atom is 0.269 e. The minimum Gasteiger partial charge on any atom is -0.357 e. The van der Waals surface area contributed by atoms with Crippen LogP contribution in [0.5, 0.6) is 0 Å². The molecule has 0 aliphatic rings. The highest BCUT2D eigenvalue weighted by molar-refractivity contribution is 14.0. The molecular weight excluding hydrogens is 407 g/mol. The third-order valence-electron chi connectivity index (χ3n) is 3.16. The Balaban J connectivity index is 0.00000484. The summed E-state index contributed by atoms with van der Waals surface area (Å²) in [6, 6.07) is 6.50. The van der Waals surface area contributed by atoms with Crippen LogP contribution in [0.25, 0.3) is 0 Å². The Morgan fingerprint density at radius 3 is 2.43 bits per heavy atom. The number of benzene rings is 1. The Hall–Kier alpha value is -1.38. The van der Waals surface area contributed by atoms with Crippen molar-refractivity contribution in [3.63, 3.8) is 0 Å². The van der Waals surface area contributed by atoms with Crippen LogP contribution in [0.3, 0.4) is 0 Å². The first-order valence-electron chi connectivity index (χ1n) is 7.78. The van der Waals surface area contributed by atoms with Gasteiger partial charge in [0.05, 0.1) is 11.5 Å². The normalized spacial score (nSPS) is 11.0. The van der Waals surface area contributed by atoms with E-state index in [9.17, 15) is 10.1 Å². The number of halogens is 1. The number of nitrogens with zero attached hydrogens (tertiary/aromatic N) is 2. The van der Waals surface area contributed by atoms with E-state index in [1.165, 1.54) is 18.6 Å². The van der Waals surface area contributed by atoms with Crippen LogP contribution >= 0.6 is 24.0 Å². The quantitative estimate of drug-likeness (QED) is 0.163. The van der Waals surface area contributed by atoms with Crippen molar-refractivity contribution in [3.8, 4) is 0 Å². The summed E-state index contributed by atoms with van der Waals surface area (Å²) in [4.78, 5) is 14.7. The molecule has 1 rings (SSSR count). The summed E-state index contributed by atoms with van der Waals surface area (Å²) < 4.78 is 0. The molecule has 0 heterocycles. The molecule has 0 saturated carbocycles. The van der Waals surface area contributed by atoms with Crippen molar-refractivity contribution in [1.82, 2.24) is 10.6 Å². The minimum atomic E-state index is -0.395. The zero-order valence-electron chi connectivity index (χ0n) is 14.0. The smallest absolute Gasteiger partial charge is 0.269 e. The molecule has 0 radical (unpaired) electrons. The molecule has 1 aromatic rings. The van der Waals surface area contributed by atoms with Gasteiger partial charge in [0.2, 0.25) is 0 Å². The lowest BCUT2D eigenvalue weighted by atomic mass is 10.1. The SMILES string of the molecule is CCNC(=NCc1ccc([N+](=O)[O-])cc1)NCCCC(C)C.I. The predicted molar refractivity (Wildman–Crippen MR) is 105 cm³/mol. The van der Waals surface area contributed by atoms with Gasteiger partial charge in [-0.1, -0.05) is 26.0 Å². The second-order valence-corrected chi connectivity index (χ2v) is 5.58. The fraction of sp³-hybridized carbons (Fsp3) is 0.562. The Kier molecular flexibility index (Phi) is 11.4. The van der Waals surface area contributed by atoms with Crippen molar-refractivity contribution < 1.29 is 4.92 Å². The summed E-state index contributed by atoms with van der Waals surface area (Å²) in [5.74, 6) is 1.49. The van der Waals surface area contributed by atoms with Crippen LogP contribution in [0.15, 0.2) is 29.3 Å². The zero-order chi connectivity index (χ0) is 16.4. The first-order valence-corrected chi connectivity index (χ1v) is 7.78. The van der Waals surface area contributed by atoms with Crippen LogP contribution in [0.2, 0.25) is 0 Å². The van der Waals surface area contributed by atoms with Crippen molar-refractivity contribution in [1.29, 1.82) is 0 Å². The van der Waals surface area contributed by atoms with Gasteiger partial charge in [0.15, 0.2) is 5.96 Å². The van der Waals surface area contributed by atoms with Gasteiger partial charge >= 0.3 is 0 Å². The van der Waals surface area contributed by atoms with Crippen LogP contribution in [-0.4, -0.2) is 24.0 Å². The first-order chi connectivity index (χ1) is 10.5. The highest BCUT2D eigenvalue weighted by atomic mass is 127. The Labute approximate surface area is 155 Å². The second kappa shape index (κ2) is 12.1. The molecule has 0 amide bonds. The summed E-state index contributed by atoms with van der Waals surface area (Å²) in [7, 11) is 0. The molecule has 0 aliphatic carbocycles. The van der Waals surface area contributed by atoms with Gasteiger partial charge in [-0.25, -0.2) is 4.99 Å². The molecule has 1 aromatic carbocycles. The lowest BCUT2D eigenvalue weighted by Gasteiger charge is -2.12. The molecule has 6 nitrogen and oxygen atoms in total. The fourth-order valence-corrected chi connectivity index (χ4v) is 1.95. The molecule has 23 heavy (non-hydrogen) atoms. The Morgan fingerprint density at radius 1 is 1.26 bits per heavy atom. The molecule has 0 saturated heterocycles. The van der Waals surface area contributed by atoms with Gasteiger partial charge in [0.25, 0.3) is 5.69 Å². The van der Waals surface area contributed by atoms with Crippen LogP contribution in [0, 0.1) is 16.0 Å². The number of guanidine groups is 1. The van der Waals surface area contributed by atoms with Gasteiger partial charge in [0, 0.05) is 25.2 Å². The van der Waals surface area contributed by atoms with Crippen LogP contribution in [0.1, 0.15) is 39.2 Å². The number of nitrogens with one attached hydrogen (secondary N) is 2. The van der Waals surface area contributed by atoms with E-state index in [0.717, 1.165) is 31.0 Å². The average molecular weight is 434 g/mol. The molecule has 130 valence electrons. The van der Waals surface area contributed by atoms with E-state index in [2.05, 4.69) is 29.5 Å². The summed E-state index contributed by atoms with van der Waals surface area (Å²) in [5.41, 5.74) is 1.05. The van der Waals surface area contributed by atoms with Crippen LogP contribution in [0.4, 0.5) is 5.69 Å². The number of non-ortho nitro benzene ring substituents is 1. The highest BCUT2D eigenvalue weighted by Crippen LogP contribution is 2.12. The third kappa shape index (κ3) is 9.37. The van der Waals surface area contributed by atoms with Gasteiger partial charge in [-0.3, -0.25) is 10.1 Å². The van der Waals surface area contributed by atoms with Gasteiger partial charge in [0.1, 0.15) is 0 Å². The van der Waals surface area contributed by atoms with Crippen molar-refractivity contribution >= 4 is 35.6 Å². The topological polar surface area (TPSA) is 79.6 Å². The molecule has 0 fully saturated rings. The molecule has 0 unspecified atom stereocenters. The number of hydrogen-bond acceptors (Lipinski definition) is 3. The fourth-order valence-electron chi connectivity index (χ4n) is 1.95. The monoisotopic (exact) mass is 434 g/mol. The predicted octanol–water partition coefficient (Wildman–Crippen LogP) is 3.70. The van der Waals surface area contributed by atoms with E-state index in [-0.39, 0.29) is 29.7 Å². The summed E-state index contributed by atoms with van der Waals surface area (Å²) in [6.07, 6.45) is 2.30. The lowest BCUT2D eigenvalue weighted by Crippen LogP contribution is -2.37. The number of nitro groups is 1. The van der Waals surface area contributed by atoms with Gasteiger partial charge in [-0.2, -0.15) is 0 Å². The number of aliphatic imine (C=N–C) groups is 1. The van der Waals surface area contributed by atoms with Crippen LogP contribution in [-0.2, 0) is 6.54 Å². The van der Waals surface area contributed by atoms with Gasteiger partial charge in [-0.05, 0) is 31.2 Å². The minimum absolute atomic E-state index is 0. The first kappa shape index (κ1) is 21.6. The van der Waals surface area contributed by atoms with Gasteiger partial charge < -0.3 is 10.6 Å². The largest absolute Gasteiger partial charge is 0.357 e. The van der Waals surface area contributed by atoms with Crippen molar-refractivity contribution in [2.75, 3.05) is 13.1 Å². The molecule has 7 heteroatoms. The van der Waals surface area contributed by atoms with Crippen molar-refractivity contribution in [3.05, 3.63) is 39.9 Å². The zero-order valence-corrected chi connectivity index (χ0v) is 16.4. The molecule has 0 aliphatic heterocycles. The molecule has 0 atom stereocenters. The molecule has 0 bridgehead atoms. The third-order valence-corrected chi connectivity index (χ3v) is 3.16. The molecule has 0 spiro atoms. The highest BCUT2D eigenvalue weighted by Gasteiger charge is 2.04. The summed E-state index contributed by atoms with van der Waals surface area (Å²) in [6.45, 7) is 8.65. The molecular formula is C16H27IN4O2. The van der Waals surface area contributed by atoms with E-state index in [1.807, 2.05) is 6.92 Å². The van der Waals surface area contributed by atoms with E-state index >= 15 is 0 Å².